The van der Waals surface area contributed by atoms with E-state index in [4.69, 9.17) is 20.9 Å². The quantitative estimate of drug-likeness (QED) is 0.662. The van der Waals surface area contributed by atoms with Crippen molar-refractivity contribution in [2.75, 3.05) is 27.4 Å². The Morgan fingerprint density at radius 1 is 1.32 bits per heavy atom. The van der Waals surface area contributed by atoms with Crippen LogP contribution in [0.1, 0.15) is 13.3 Å². The second-order valence-electron chi connectivity index (χ2n) is 5.97. The van der Waals surface area contributed by atoms with Gasteiger partial charge in [-0.1, -0.05) is 0 Å². The summed E-state index contributed by atoms with van der Waals surface area (Å²) in [5.41, 5.74) is 12.3. The van der Waals surface area contributed by atoms with Crippen LogP contribution in [-0.4, -0.2) is 55.6 Å². The highest BCUT2D eigenvalue weighted by atomic mass is 16.5. The van der Waals surface area contributed by atoms with E-state index >= 15 is 0 Å². The predicted molar refractivity (Wildman–Crippen MR) is 78.3 cm³/mol. The van der Waals surface area contributed by atoms with Gasteiger partial charge < -0.3 is 25.8 Å². The topological polar surface area (TPSA) is 108 Å². The summed E-state index contributed by atoms with van der Waals surface area (Å²) in [5, 5.41) is 0. The molecule has 0 spiro atoms. The normalized spacial score (nSPS) is 34.6. The minimum atomic E-state index is -0.920. The third-order valence-electron chi connectivity index (χ3n) is 5.10. The zero-order chi connectivity index (χ0) is 16.2. The number of ether oxygens (including phenoxy) is 2. The number of carbonyl (C=O) groups is 2. The van der Waals surface area contributed by atoms with Gasteiger partial charge in [0.15, 0.2) is 5.72 Å². The molecule has 22 heavy (non-hydrogen) atoms. The van der Waals surface area contributed by atoms with Crippen LogP contribution < -0.4 is 11.5 Å². The van der Waals surface area contributed by atoms with Gasteiger partial charge in [-0.2, -0.15) is 0 Å². The maximum atomic E-state index is 12.7. The molecule has 0 aromatic heterocycles. The molecule has 2 heterocycles. The molecule has 0 amide bonds. The zero-order valence-corrected chi connectivity index (χ0v) is 13.0. The van der Waals surface area contributed by atoms with E-state index in [9.17, 15) is 9.59 Å². The zero-order valence-electron chi connectivity index (χ0n) is 13.0. The number of Topliss-reactive ketones (excluding diaryl/α,β-unsaturated/α-hetero) is 2. The van der Waals surface area contributed by atoms with Crippen molar-refractivity contribution in [3.63, 3.8) is 0 Å². The summed E-state index contributed by atoms with van der Waals surface area (Å²) in [6, 6.07) is -0.314. The third kappa shape index (κ3) is 1.56. The summed E-state index contributed by atoms with van der Waals surface area (Å²) in [6.45, 7) is 2.38. The summed E-state index contributed by atoms with van der Waals surface area (Å²) < 4.78 is 11.1. The van der Waals surface area contributed by atoms with Gasteiger partial charge in [-0.25, -0.2) is 0 Å². The van der Waals surface area contributed by atoms with Crippen LogP contribution in [0.5, 0.6) is 0 Å². The fourth-order valence-electron chi connectivity index (χ4n) is 4.00. The molecule has 3 aliphatic rings. The van der Waals surface area contributed by atoms with Gasteiger partial charge in [0.25, 0.3) is 0 Å². The van der Waals surface area contributed by atoms with Crippen LogP contribution >= 0.6 is 0 Å². The molecule has 0 radical (unpaired) electrons. The second kappa shape index (κ2) is 4.91. The van der Waals surface area contributed by atoms with E-state index in [1.54, 1.807) is 21.1 Å². The number of hydrogen-bond donors (Lipinski definition) is 2. The Kier molecular flexibility index (Phi) is 3.39. The van der Waals surface area contributed by atoms with Gasteiger partial charge in [-0.3, -0.25) is 9.59 Å². The lowest BCUT2D eigenvalue weighted by Gasteiger charge is -2.40. The summed E-state index contributed by atoms with van der Waals surface area (Å²) in [4.78, 5) is 27.2. The number of nitrogens with two attached hydrogens (primary N) is 2. The minimum absolute atomic E-state index is 0.00542. The van der Waals surface area contributed by atoms with Gasteiger partial charge >= 0.3 is 0 Å². The van der Waals surface area contributed by atoms with E-state index in [1.165, 1.54) is 0 Å². The monoisotopic (exact) mass is 307 g/mol. The Bertz CT molecular complexity index is 624. The minimum Gasteiger partial charge on any atom is -0.395 e. The summed E-state index contributed by atoms with van der Waals surface area (Å²) in [5.74, 6) is -0.966. The third-order valence-corrected chi connectivity index (χ3v) is 5.10. The van der Waals surface area contributed by atoms with Crippen LogP contribution in [0.15, 0.2) is 22.5 Å². The molecule has 2 aliphatic heterocycles. The van der Waals surface area contributed by atoms with E-state index < -0.39 is 11.6 Å². The SMILES string of the molecule is COC[C@@H]1C2=C(C(=O)C(C)=C(N)C2=O)N2CC[C@H](N)[C@]12OC. The lowest BCUT2D eigenvalue weighted by molar-refractivity contribution is -0.140. The van der Waals surface area contributed by atoms with Crippen molar-refractivity contribution in [2.24, 2.45) is 17.4 Å². The van der Waals surface area contributed by atoms with Crippen molar-refractivity contribution >= 4 is 11.6 Å². The highest BCUT2D eigenvalue weighted by Gasteiger charge is 2.63. The van der Waals surface area contributed by atoms with Crippen LogP contribution in [0.2, 0.25) is 0 Å². The smallest absolute Gasteiger partial charge is 0.207 e. The van der Waals surface area contributed by atoms with Crippen molar-refractivity contribution < 1.29 is 19.1 Å². The second-order valence-corrected chi connectivity index (χ2v) is 5.97. The Balaban J connectivity index is 2.20. The summed E-state index contributed by atoms with van der Waals surface area (Å²) >= 11 is 0. The maximum absolute atomic E-state index is 12.7. The van der Waals surface area contributed by atoms with Gasteiger partial charge in [0.1, 0.15) is 0 Å². The first kappa shape index (κ1) is 15.2. The lowest BCUT2D eigenvalue weighted by atomic mass is 9.81. The molecule has 3 atom stereocenters. The van der Waals surface area contributed by atoms with E-state index in [0.717, 1.165) is 0 Å². The number of nitrogens with zero attached hydrogens (tertiary/aromatic N) is 1. The number of fused-ring (bicyclic) bond motifs is 2. The standard InChI is InChI=1S/C15H21N3O4/c1-7-11(17)14(20)10-8(6-21-2)15(22-3)9(16)4-5-18(15)12(10)13(7)19/h8-9H,4-6,16-17H2,1-3H3/t8-,9+,15-/m1/s1. The number of methoxy groups -OCH3 is 2. The molecule has 1 saturated heterocycles. The molecular formula is C15H21N3O4. The van der Waals surface area contributed by atoms with Crippen LogP contribution in [0.25, 0.3) is 0 Å². The fourth-order valence-corrected chi connectivity index (χ4v) is 4.00. The number of rotatable bonds is 3. The average Bonchev–Trinajstić information content (AvgIpc) is 2.98. The largest absolute Gasteiger partial charge is 0.395 e. The molecular weight excluding hydrogens is 286 g/mol. The Morgan fingerprint density at radius 3 is 2.59 bits per heavy atom. The van der Waals surface area contributed by atoms with Crippen LogP contribution in [0.3, 0.4) is 0 Å². The van der Waals surface area contributed by atoms with E-state index in [1.807, 2.05) is 4.90 Å². The summed E-state index contributed by atoms with van der Waals surface area (Å²) in [7, 11) is 3.10. The number of carbonyl (C=O) groups excluding carboxylic acids is 2. The first-order valence-corrected chi connectivity index (χ1v) is 7.29. The predicted octanol–water partition coefficient (Wildman–Crippen LogP) is -0.723. The van der Waals surface area contributed by atoms with Gasteiger partial charge in [-0.15, -0.1) is 0 Å². The molecule has 0 aromatic carbocycles. The highest BCUT2D eigenvalue weighted by molar-refractivity contribution is 6.25. The molecule has 0 unspecified atom stereocenters. The molecule has 0 aromatic rings. The lowest BCUT2D eigenvalue weighted by Crippen LogP contribution is -2.58. The van der Waals surface area contributed by atoms with Crippen molar-refractivity contribution in [3.8, 4) is 0 Å². The molecule has 7 nitrogen and oxygen atoms in total. The van der Waals surface area contributed by atoms with E-state index in [2.05, 4.69) is 0 Å². The van der Waals surface area contributed by atoms with Crippen molar-refractivity contribution in [1.82, 2.24) is 4.90 Å². The van der Waals surface area contributed by atoms with Crippen molar-refractivity contribution in [2.45, 2.75) is 25.1 Å². The average molecular weight is 307 g/mol. The molecule has 4 N–H and O–H groups in total. The number of allylic oxidation sites excluding steroid dienone is 2. The van der Waals surface area contributed by atoms with E-state index in [-0.39, 0.29) is 35.5 Å². The van der Waals surface area contributed by atoms with Crippen molar-refractivity contribution in [3.05, 3.63) is 22.5 Å². The highest BCUT2D eigenvalue weighted by Crippen LogP contribution is 2.51. The molecule has 0 saturated carbocycles. The van der Waals surface area contributed by atoms with E-state index in [0.29, 0.717) is 24.2 Å². The Morgan fingerprint density at radius 2 is 2.00 bits per heavy atom. The van der Waals surface area contributed by atoms with Crippen LogP contribution in [-0.2, 0) is 19.1 Å². The molecule has 1 fully saturated rings. The Labute approximate surface area is 128 Å². The number of hydrogen-bond acceptors (Lipinski definition) is 7. The molecule has 7 heteroatoms. The van der Waals surface area contributed by atoms with Gasteiger partial charge in [0.2, 0.25) is 11.6 Å². The molecule has 3 rings (SSSR count). The van der Waals surface area contributed by atoms with Gasteiger partial charge in [-0.05, 0) is 13.3 Å². The van der Waals surface area contributed by atoms with Gasteiger partial charge in [0, 0.05) is 31.9 Å². The fraction of sp³-hybridized carbons (Fsp3) is 0.600. The maximum Gasteiger partial charge on any atom is 0.207 e. The van der Waals surface area contributed by atoms with Crippen LogP contribution in [0, 0.1) is 5.92 Å². The molecule has 120 valence electrons. The van der Waals surface area contributed by atoms with Crippen molar-refractivity contribution in [1.29, 1.82) is 0 Å². The van der Waals surface area contributed by atoms with Crippen LogP contribution in [0.4, 0.5) is 0 Å². The van der Waals surface area contributed by atoms with Gasteiger partial charge in [0.05, 0.1) is 30.0 Å². The first-order valence-electron chi connectivity index (χ1n) is 7.29. The summed E-state index contributed by atoms with van der Waals surface area (Å²) in [6.07, 6.45) is 0.685. The molecule has 1 aliphatic carbocycles. The number of ketones is 2. The Hall–Kier alpha value is -1.70. The molecule has 0 bridgehead atoms. The first-order chi connectivity index (χ1) is 10.4.